The van der Waals surface area contributed by atoms with Gasteiger partial charge in [-0.15, -0.1) is 0 Å². The van der Waals surface area contributed by atoms with Gasteiger partial charge in [-0.2, -0.15) is 4.98 Å². The summed E-state index contributed by atoms with van der Waals surface area (Å²) in [6, 6.07) is 1.61. The summed E-state index contributed by atoms with van der Waals surface area (Å²) in [5.74, 6) is 0.641. The zero-order valence-electron chi connectivity index (χ0n) is 9.86. The van der Waals surface area contributed by atoms with Crippen molar-refractivity contribution in [1.29, 1.82) is 0 Å². The van der Waals surface area contributed by atoms with Gasteiger partial charge in [0.05, 0.1) is 7.11 Å². The van der Waals surface area contributed by atoms with Gasteiger partial charge in [-0.05, 0) is 26.2 Å². The Morgan fingerprint density at radius 3 is 2.71 bits per heavy atom. The van der Waals surface area contributed by atoms with Crippen LogP contribution in [0.15, 0.2) is 6.07 Å². The summed E-state index contributed by atoms with van der Waals surface area (Å²) in [7, 11) is 1.52. The van der Waals surface area contributed by atoms with Crippen LogP contribution in [0.5, 0.6) is 5.88 Å². The molecule has 0 aromatic carbocycles. The van der Waals surface area contributed by atoms with Gasteiger partial charge >= 0.3 is 5.97 Å². The highest BCUT2D eigenvalue weighted by molar-refractivity contribution is 5.83. The number of aromatic nitrogens is 2. The fourth-order valence-corrected chi connectivity index (χ4v) is 1.88. The quantitative estimate of drug-likeness (QED) is 0.818. The molecule has 1 fully saturated rings. The third-order valence-electron chi connectivity index (χ3n) is 3.01. The summed E-state index contributed by atoms with van der Waals surface area (Å²) in [4.78, 5) is 19.4. The summed E-state index contributed by atoms with van der Waals surface area (Å²) in [5, 5.41) is 12.2. The largest absolute Gasteiger partial charge is 0.481 e. The normalized spacial score (nSPS) is 17.1. The number of hydrogen-bond donors (Lipinski definition) is 2. The molecule has 1 heterocycles. The minimum Gasteiger partial charge on any atom is -0.481 e. The zero-order valence-corrected chi connectivity index (χ0v) is 9.86. The predicted octanol–water partition coefficient (Wildman–Crippen LogP) is 1.21. The SMILES string of the molecule is COc1cc(NC2(C(=O)O)CCC2)nc(C)n1. The second-order valence-corrected chi connectivity index (χ2v) is 4.21. The minimum atomic E-state index is -0.869. The van der Waals surface area contributed by atoms with Crippen molar-refractivity contribution < 1.29 is 14.6 Å². The van der Waals surface area contributed by atoms with Gasteiger partial charge < -0.3 is 15.2 Å². The van der Waals surface area contributed by atoms with Crippen LogP contribution >= 0.6 is 0 Å². The highest BCUT2D eigenvalue weighted by Crippen LogP contribution is 2.35. The van der Waals surface area contributed by atoms with Crippen LogP contribution in [0.2, 0.25) is 0 Å². The molecule has 0 bridgehead atoms. The number of rotatable bonds is 4. The molecule has 6 heteroatoms. The van der Waals surface area contributed by atoms with Gasteiger partial charge in [-0.1, -0.05) is 0 Å². The van der Waals surface area contributed by atoms with Crippen molar-refractivity contribution in [3.05, 3.63) is 11.9 Å². The average Bonchev–Trinajstić information content (AvgIpc) is 2.22. The number of methoxy groups -OCH3 is 1. The minimum absolute atomic E-state index is 0.430. The lowest BCUT2D eigenvalue weighted by Crippen LogP contribution is -2.52. The van der Waals surface area contributed by atoms with Crippen LogP contribution < -0.4 is 10.1 Å². The standard InChI is InChI=1S/C11H15N3O3/c1-7-12-8(6-9(13-7)17-2)14-11(10(15)16)4-3-5-11/h6H,3-5H2,1-2H3,(H,15,16)(H,12,13,14). The lowest BCUT2D eigenvalue weighted by Gasteiger charge is -2.38. The molecule has 1 aromatic rings. The Morgan fingerprint density at radius 2 is 2.24 bits per heavy atom. The molecule has 0 amide bonds. The number of nitrogens with one attached hydrogen (secondary N) is 1. The summed E-state index contributed by atoms with van der Waals surface area (Å²) < 4.78 is 5.02. The Hall–Kier alpha value is -1.85. The third kappa shape index (κ3) is 2.15. The fraction of sp³-hybridized carbons (Fsp3) is 0.545. The number of carboxylic acid groups (broad SMARTS) is 1. The molecule has 0 unspecified atom stereocenters. The van der Waals surface area contributed by atoms with E-state index in [9.17, 15) is 9.90 Å². The molecule has 6 nitrogen and oxygen atoms in total. The van der Waals surface area contributed by atoms with Crippen molar-refractivity contribution in [2.75, 3.05) is 12.4 Å². The Morgan fingerprint density at radius 1 is 1.53 bits per heavy atom. The Bertz CT molecular complexity index is 444. The Kier molecular flexibility index (Phi) is 2.87. The fourth-order valence-electron chi connectivity index (χ4n) is 1.88. The molecule has 2 N–H and O–H groups in total. The van der Waals surface area contributed by atoms with Crippen molar-refractivity contribution in [2.45, 2.75) is 31.7 Å². The topological polar surface area (TPSA) is 84.3 Å². The summed E-state index contributed by atoms with van der Waals surface area (Å²) in [6.07, 6.45) is 2.15. The van der Waals surface area contributed by atoms with Crippen LogP contribution in [-0.4, -0.2) is 33.7 Å². The van der Waals surface area contributed by atoms with E-state index in [1.807, 2.05) is 0 Å². The number of carbonyl (C=O) groups is 1. The van der Waals surface area contributed by atoms with E-state index in [1.54, 1.807) is 13.0 Å². The number of anilines is 1. The number of ether oxygens (including phenoxy) is 1. The van der Waals surface area contributed by atoms with Crippen LogP contribution in [0.4, 0.5) is 5.82 Å². The van der Waals surface area contributed by atoms with Gasteiger partial charge in [0.2, 0.25) is 5.88 Å². The molecule has 0 atom stereocenters. The van der Waals surface area contributed by atoms with Crippen LogP contribution in [0.25, 0.3) is 0 Å². The molecule has 92 valence electrons. The van der Waals surface area contributed by atoms with E-state index in [0.717, 1.165) is 6.42 Å². The van der Waals surface area contributed by atoms with Gasteiger partial charge in [0.1, 0.15) is 17.2 Å². The summed E-state index contributed by atoms with van der Waals surface area (Å²) >= 11 is 0. The zero-order chi connectivity index (χ0) is 12.5. The number of carboxylic acids is 1. The second-order valence-electron chi connectivity index (χ2n) is 4.21. The van der Waals surface area contributed by atoms with Crippen molar-refractivity contribution >= 4 is 11.8 Å². The molecule has 1 aliphatic rings. The molecule has 0 spiro atoms. The van der Waals surface area contributed by atoms with Crippen LogP contribution in [0, 0.1) is 6.92 Å². The highest BCUT2D eigenvalue weighted by Gasteiger charge is 2.44. The van der Waals surface area contributed by atoms with E-state index < -0.39 is 11.5 Å². The number of aryl methyl sites for hydroxylation is 1. The summed E-state index contributed by atoms with van der Waals surface area (Å²) in [6.45, 7) is 1.74. The van der Waals surface area contributed by atoms with E-state index in [4.69, 9.17) is 4.74 Å². The van der Waals surface area contributed by atoms with E-state index >= 15 is 0 Å². The van der Waals surface area contributed by atoms with E-state index in [-0.39, 0.29) is 0 Å². The van der Waals surface area contributed by atoms with Gasteiger partial charge in [0.15, 0.2) is 0 Å². The summed E-state index contributed by atoms with van der Waals surface area (Å²) in [5.41, 5.74) is -0.869. The maximum atomic E-state index is 11.2. The van der Waals surface area contributed by atoms with Crippen LogP contribution in [-0.2, 0) is 4.79 Å². The first kappa shape index (κ1) is 11.6. The number of hydrogen-bond acceptors (Lipinski definition) is 5. The smallest absolute Gasteiger partial charge is 0.329 e. The predicted molar refractivity (Wildman–Crippen MR) is 61.2 cm³/mol. The van der Waals surface area contributed by atoms with Crippen LogP contribution in [0.3, 0.4) is 0 Å². The van der Waals surface area contributed by atoms with Crippen molar-refractivity contribution in [3.8, 4) is 5.88 Å². The van der Waals surface area contributed by atoms with Crippen LogP contribution in [0.1, 0.15) is 25.1 Å². The first-order chi connectivity index (χ1) is 8.05. The Balaban J connectivity index is 2.23. The van der Waals surface area contributed by atoms with Gasteiger partial charge in [0, 0.05) is 6.07 Å². The van der Waals surface area contributed by atoms with Crippen molar-refractivity contribution in [2.24, 2.45) is 0 Å². The molecule has 1 aromatic heterocycles. The monoisotopic (exact) mass is 237 g/mol. The molecule has 1 saturated carbocycles. The highest BCUT2D eigenvalue weighted by atomic mass is 16.5. The Labute approximate surface area is 99.0 Å². The number of aliphatic carboxylic acids is 1. The van der Waals surface area contributed by atoms with Crippen molar-refractivity contribution in [3.63, 3.8) is 0 Å². The maximum absolute atomic E-state index is 11.2. The molecule has 0 saturated heterocycles. The third-order valence-corrected chi connectivity index (χ3v) is 3.01. The van der Waals surface area contributed by atoms with E-state index in [0.29, 0.717) is 30.4 Å². The van der Waals surface area contributed by atoms with Crippen molar-refractivity contribution in [1.82, 2.24) is 9.97 Å². The molecular formula is C11H15N3O3. The van der Waals surface area contributed by atoms with Gasteiger partial charge in [-0.25, -0.2) is 9.78 Å². The molecule has 17 heavy (non-hydrogen) atoms. The lowest BCUT2D eigenvalue weighted by molar-refractivity contribution is -0.145. The van der Waals surface area contributed by atoms with E-state index in [1.165, 1.54) is 7.11 Å². The molecule has 1 aliphatic carbocycles. The van der Waals surface area contributed by atoms with Gasteiger partial charge in [0.25, 0.3) is 0 Å². The van der Waals surface area contributed by atoms with Gasteiger partial charge in [-0.3, -0.25) is 0 Å². The number of nitrogens with zero attached hydrogens (tertiary/aromatic N) is 2. The molecule has 0 radical (unpaired) electrons. The maximum Gasteiger partial charge on any atom is 0.329 e. The second kappa shape index (κ2) is 4.20. The molecule has 2 rings (SSSR count). The lowest BCUT2D eigenvalue weighted by atomic mass is 9.77. The molecular weight excluding hydrogens is 222 g/mol. The van der Waals surface area contributed by atoms with E-state index in [2.05, 4.69) is 15.3 Å². The first-order valence-electron chi connectivity index (χ1n) is 5.47. The molecule has 0 aliphatic heterocycles. The first-order valence-corrected chi connectivity index (χ1v) is 5.47. The average molecular weight is 237 g/mol.